The van der Waals surface area contributed by atoms with Crippen LogP contribution in [0.25, 0.3) is 0 Å². The molecular formula is C12H16O4S. The monoisotopic (exact) mass is 256 g/mol. The second-order valence-electron chi connectivity index (χ2n) is 4.14. The van der Waals surface area contributed by atoms with Gasteiger partial charge in [0.05, 0.1) is 6.61 Å². The third-order valence-corrected chi connectivity index (χ3v) is 3.94. The van der Waals surface area contributed by atoms with E-state index in [0.717, 1.165) is 10.5 Å². The Bertz CT molecular complexity index is 367. The number of aliphatic hydroxyl groups is 3. The van der Waals surface area contributed by atoms with Crippen molar-refractivity contribution in [3.05, 3.63) is 29.8 Å². The Morgan fingerprint density at radius 2 is 1.82 bits per heavy atom. The minimum atomic E-state index is -1.03. The molecule has 0 unspecified atom stereocenters. The van der Waals surface area contributed by atoms with Crippen LogP contribution in [0.2, 0.25) is 0 Å². The Kier molecular flexibility index (Phi) is 4.06. The van der Waals surface area contributed by atoms with Gasteiger partial charge in [0, 0.05) is 4.90 Å². The minimum absolute atomic E-state index is 0.289. The second kappa shape index (κ2) is 5.37. The summed E-state index contributed by atoms with van der Waals surface area (Å²) in [5.41, 5.74) is 0.625. The zero-order valence-electron chi connectivity index (χ0n) is 9.48. The standard InChI is InChI=1S/C12H16O4S/c1-7-2-4-8(5-3-7)17-12-11(15)10(14)9(6-13)16-12/h2-5,9-15H,6H2,1H3/t9-,10+,11-,12+/m1/s1. The summed E-state index contributed by atoms with van der Waals surface area (Å²) in [7, 11) is 0. The van der Waals surface area contributed by atoms with Gasteiger partial charge in [0.2, 0.25) is 0 Å². The maximum Gasteiger partial charge on any atom is 0.136 e. The highest BCUT2D eigenvalue weighted by molar-refractivity contribution is 7.99. The lowest BCUT2D eigenvalue weighted by Crippen LogP contribution is -2.33. The molecule has 0 spiro atoms. The van der Waals surface area contributed by atoms with Crippen molar-refractivity contribution < 1.29 is 20.1 Å². The van der Waals surface area contributed by atoms with Crippen LogP contribution < -0.4 is 0 Å². The van der Waals surface area contributed by atoms with E-state index in [4.69, 9.17) is 9.84 Å². The van der Waals surface area contributed by atoms with Crippen molar-refractivity contribution in [3.8, 4) is 0 Å². The fourth-order valence-electron chi connectivity index (χ4n) is 1.71. The lowest BCUT2D eigenvalue weighted by atomic mass is 10.2. The van der Waals surface area contributed by atoms with E-state index in [2.05, 4.69) is 0 Å². The molecule has 1 saturated heterocycles. The van der Waals surface area contributed by atoms with Gasteiger partial charge in [0.25, 0.3) is 0 Å². The average Bonchev–Trinajstić information content (AvgIpc) is 2.60. The summed E-state index contributed by atoms with van der Waals surface area (Å²) in [5, 5.41) is 28.3. The van der Waals surface area contributed by atoms with Crippen molar-refractivity contribution in [3.63, 3.8) is 0 Å². The highest BCUT2D eigenvalue weighted by atomic mass is 32.2. The maximum atomic E-state index is 9.77. The fraction of sp³-hybridized carbons (Fsp3) is 0.500. The first kappa shape index (κ1) is 12.9. The molecule has 0 aromatic heterocycles. The Labute approximate surface area is 104 Å². The molecule has 1 aromatic carbocycles. The van der Waals surface area contributed by atoms with E-state index in [-0.39, 0.29) is 6.61 Å². The SMILES string of the molecule is Cc1ccc(S[C@@H]2O[C@H](CO)[C@H](O)[C@H]2O)cc1. The predicted molar refractivity (Wildman–Crippen MR) is 64.8 cm³/mol. The van der Waals surface area contributed by atoms with Crippen LogP contribution in [0.4, 0.5) is 0 Å². The predicted octanol–water partition coefficient (Wildman–Crippen LogP) is 0.526. The summed E-state index contributed by atoms with van der Waals surface area (Å²) < 4.78 is 5.38. The average molecular weight is 256 g/mol. The van der Waals surface area contributed by atoms with E-state index in [1.54, 1.807) is 0 Å². The van der Waals surface area contributed by atoms with Crippen molar-refractivity contribution in [2.45, 2.75) is 35.6 Å². The summed E-state index contributed by atoms with van der Waals surface area (Å²) in [6.45, 7) is 1.71. The van der Waals surface area contributed by atoms with Crippen LogP contribution in [-0.2, 0) is 4.74 Å². The Hall–Kier alpha value is -0.590. The van der Waals surface area contributed by atoms with Gasteiger partial charge in [0.15, 0.2) is 0 Å². The molecule has 0 radical (unpaired) electrons. The van der Waals surface area contributed by atoms with E-state index in [1.807, 2.05) is 31.2 Å². The highest BCUT2D eigenvalue weighted by Crippen LogP contribution is 2.34. The normalized spacial score (nSPS) is 32.9. The molecule has 3 N–H and O–H groups in total. The van der Waals surface area contributed by atoms with Crippen LogP contribution in [-0.4, -0.2) is 45.7 Å². The number of ether oxygens (including phenoxy) is 1. The van der Waals surface area contributed by atoms with E-state index in [1.165, 1.54) is 11.8 Å². The molecule has 0 saturated carbocycles. The number of hydrogen-bond acceptors (Lipinski definition) is 5. The first-order valence-electron chi connectivity index (χ1n) is 5.47. The van der Waals surface area contributed by atoms with Crippen molar-refractivity contribution in [2.75, 3.05) is 6.61 Å². The van der Waals surface area contributed by atoms with Crippen molar-refractivity contribution >= 4 is 11.8 Å². The molecular weight excluding hydrogens is 240 g/mol. The van der Waals surface area contributed by atoms with Crippen LogP contribution in [0.3, 0.4) is 0 Å². The molecule has 1 aromatic rings. The molecule has 1 aliphatic heterocycles. The Morgan fingerprint density at radius 3 is 2.35 bits per heavy atom. The molecule has 2 rings (SSSR count). The van der Waals surface area contributed by atoms with Gasteiger partial charge in [-0.1, -0.05) is 29.5 Å². The lowest BCUT2D eigenvalue weighted by Gasteiger charge is -2.13. The molecule has 1 fully saturated rings. The summed E-state index contributed by atoms with van der Waals surface area (Å²) >= 11 is 1.35. The van der Waals surface area contributed by atoms with Gasteiger partial charge in [-0.25, -0.2) is 0 Å². The van der Waals surface area contributed by atoms with Crippen molar-refractivity contribution in [2.24, 2.45) is 0 Å². The van der Waals surface area contributed by atoms with E-state index in [9.17, 15) is 10.2 Å². The number of aryl methyl sites for hydroxylation is 1. The number of aliphatic hydroxyl groups excluding tert-OH is 3. The Balaban J connectivity index is 2.02. The third-order valence-electron chi connectivity index (χ3n) is 2.77. The Morgan fingerprint density at radius 1 is 1.18 bits per heavy atom. The third kappa shape index (κ3) is 2.81. The van der Waals surface area contributed by atoms with Crippen LogP contribution in [0.1, 0.15) is 5.56 Å². The number of rotatable bonds is 3. The second-order valence-corrected chi connectivity index (χ2v) is 5.31. The molecule has 4 atom stereocenters. The molecule has 0 aliphatic carbocycles. The highest BCUT2D eigenvalue weighted by Gasteiger charge is 2.42. The number of thioether (sulfide) groups is 1. The quantitative estimate of drug-likeness (QED) is 0.736. The summed E-state index contributed by atoms with van der Waals surface area (Å²) in [6, 6.07) is 7.83. The molecule has 1 aliphatic rings. The first-order chi connectivity index (χ1) is 8.11. The smallest absolute Gasteiger partial charge is 0.136 e. The van der Waals surface area contributed by atoms with Gasteiger partial charge in [-0.15, -0.1) is 0 Å². The molecule has 4 nitrogen and oxygen atoms in total. The van der Waals surface area contributed by atoms with Crippen LogP contribution >= 0.6 is 11.8 Å². The largest absolute Gasteiger partial charge is 0.394 e. The fourth-order valence-corrected chi connectivity index (χ4v) is 2.77. The minimum Gasteiger partial charge on any atom is -0.394 e. The molecule has 0 bridgehead atoms. The van der Waals surface area contributed by atoms with Gasteiger partial charge in [-0.05, 0) is 19.1 Å². The molecule has 17 heavy (non-hydrogen) atoms. The van der Waals surface area contributed by atoms with Gasteiger partial charge in [-0.3, -0.25) is 0 Å². The summed E-state index contributed by atoms with van der Waals surface area (Å²) in [4.78, 5) is 0.963. The molecule has 0 amide bonds. The van der Waals surface area contributed by atoms with Gasteiger partial charge < -0.3 is 20.1 Å². The maximum absolute atomic E-state index is 9.77. The summed E-state index contributed by atoms with van der Waals surface area (Å²) in [5.74, 6) is 0. The van der Waals surface area contributed by atoms with Crippen LogP contribution in [0.15, 0.2) is 29.2 Å². The molecule has 94 valence electrons. The van der Waals surface area contributed by atoms with Crippen LogP contribution in [0.5, 0.6) is 0 Å². The topological polar surface area (TPSA) is 69.9 Å². The van der Waals surface area contributed by atoms with Crippen molar-refractivity contribution in [1.82, 2.24) is 0 Å². The number of benzene rings is 1. The van der Waals surface area contributed by atoms with Crippen molar-refractivity contribution in [1.29, 1.82) is 0 Å². The van der Waals surface area contributed by atoms with E-state index in [0.29, 0.717) is 0 Å². The first-order valence-corrected chi connectivity index (χ1v) is 6.35. The van der Waals surface area contributed by atoms with E-state index >= 15 is 0 Å². The zero-order chi connectivity index (χ0) is 12.4. The molecule has 1 heterocycles. The zero-order valence-corrected chi connectivity index (χ0v) is 10.3. The molecule has 5 heteroatoms. The van der Waals surface area contributed by atoms with Gasteiger partial charge in [-0.2, -0.15) is 0 Å². The van der Waals surface area contributed by atoms with Crippen LogP contribution in [0, 0.1) is 6.92 Å². The van der Waals surface area contributed by atoms with Gasteiger partial charge in [0.1, 0.15) is 23.7 Å². The van der Waals surface area contributed by atoms with E-state index < -0.39 is 23.7 Å². The number of hydrogen-bond donors (Lipinski definition) is 3. The lowest BCUT2D eigenvalue weighted by molar-refractivity contribution is -0.00808. The summed E-state index contributed by atoms with van der Waals surface area (Å²) in [6.07, 6.45) is -2.70. The van der Waals surface area contributed by atoms with Gasteiger partial charge >= 0.3 is 0 Å².